The van der Waals surface area contributed by atoms with Crippen LogP contribution in [0.4, 0.5) is 0 Å². The summed E-state index contributed by atoms with van der Waals surface area (Å²) < 4.78 is 91.5. The van der Waals surface area contributed by atoms with Crippen molar-refractivity contribution in [3.8, 4) is 0 Å². The molecule has 0 aromatic heterocycles. The zero-order valence-electron chi connectivity index (χ0n) is 23.6. The van der Waals surface area contributed by atoms with Gasteiger partial charge in [-0.15, -0.1) is 0 Å². The Morgan fingerprint density at radius 3 is 1.95 bits per heavy atom. The van der Waals surface area contributed by atoms with Gasteiger partial charge in [0.05, 0.1) is 21.3 Å². The molecule has 2 N–H and O–H groups in total. The molecule has 0 saturated carbocycles. The molecule has 40 heavy (non-hydrogen) atoms. The lowest BCUT2D eigenvalue weighted by atomic mass is 9.76. The summed E-state index contributed by atoms with van der Waals surface area (Å²) in [5, 5.41) is 1.53. The van der Waals surface area contributed by atoms with Crippen LogP contribution in [-0.4, -0.2) is 45.9 Å². The molecule has 0 unspecified atom stereocenters. The van der Waals surface area contributed by atoms with E-state index in [2.05, 4.69) is 0 Å². The summed E-state index contributed by atoms with van der Waals surface area (Å²) in [6.07, 6.45) is 2.30. The lowest BCUT2D eigenvalue weighted by Crippen LogP contribution is -2.25. The fourth-order valence-electron chi connectivity index (χ4n) is 5.52. The first-order valence-electron chi connectivity index (χ1n) is 13.2. The molecule has 8 nitrogen and oxygen atoms in total. The topological polar surface area (TPSA) is 143 Å². The highest BCUT2D eigenvalue weighted by molar-refractivity contribution is 7.91. The van der Waals surface area contributed by atoms with E-state index in [-0.39, 0.29) is 21.3 Å². The van der Waals surface area contributed by atoms with Crippen molar-refractivity contribution in [3.63, 3.8) is 0 Å². The van der Waals surface area contributed by atoms with Crippen molar-refractivity contribution >= 4 is 40.8 Å². The van der Waals surface area contributed by atoms with Gasteiger partial charge in [0.2, 0.25) is 0 Å². The number of aryl methyl sites for hydroxylation is 3. The molecule has 0 aliphatic rings. The van der Waals surface area contributed by atoms with Crippen LogP contribution in [0.2, 0.25) is 0 Å². The molecule has 0 heterocycles. The third-order valence-corrected chi connectivity index (χ3v) is 11.0. The smallest absolute Gasteiger partial charge is 0.286 e. The Balaban J connectivity index is 2.04. The highest BCUT2D eigenvalue weighted by Gasteiger charge is 2.32. The van der Waals surface area contributed by atoms with Gasteiger partial charge in [-0.25, -0.2) is 8.42 Å². The number of benzene rings is 3. The molecular weight excluding hydrogens is 573 g/mol. The summed E-state index contributed by atoms with van der Waals surface area (Å²) in [6.45, 7) is 9.30. The second-order valence-corrected chi connectivity index (χ2v) is 16.1. The molecule has 11 heteroatoms. The minimum atomic E-state index is -4.60. The maximum Gasteiger partial charge on any atom is 0.294 e. The molecule has 3 aromatic rings. The number of unbranched alkanes of at least 4 members (excludes halogenated alkanes) is 1. The van der Waals surface area contributed by atoms with E-state index < -0.39 is 35.5 Å². The SMILES string of the molecule is CCCS(=O)(=O)c1ccc(CC(C)(C)c2c(S(=O)(=O)O)cc3c(C)c(CCCCS(=O)(=O)O)ccc3c2C)cc1. The largest absolute Gasteiger partial charge is 0.294 e. The van der Waals surface area contributed by atoms with Crippen molar-refractivity contribution in [2.45, 2.75) is 81.9 Å². The number of rotatable bonds is 12. The average Bonchev–Trinajstić information content (AvgIpc) is 2.81. The third-order valence-electron chi connectivity index (χ3n) is 7.38. The molecule has 3 rings (SSSR count). The zero-order valence-corrected chi connectivity index (χ0v) is 26.0. The Labute approximate surface area is 238 Å². The van der Waals surface area contributed by atoms with Gasteiger partial charge in [-0.3, -0.25) is 9.11 Å². The Hall–Kier alpha value is -2.31. The van der Waals surface area contributed by atoms with E-state index in [0.29, 0.717) is 43.1 Å². The van der Waals surface area contributed by atoms with Crippen LogP contribution in [0.25, 0.3) is 10.8 Å². The van der Waals surface area contributed by atoms with E-state index in [1.807, 2.05) is 46.8 Å². The number of fused-ring (bicyclic) bond motifs is 1. The first-order valence-corrected chi connectivity index (χ1v) is 17.9. The molecule has 0 atom stereocenters. The second kappa shape index (κ2) is 11.9. The lowest BCUT2D eigenvalue weighted by molar-refractivity contribution is 0.467. The molecule has 0 amide bonds. The van der Waals surface area contributed by atoms with Gasteiger partial charge < -0.3 is 0 Å². The van der Waals surface area contributed by atoms with Crippen LogP contribution in [0, 0.1) is 13.8 Å². The summed E-state index contributed by atoms with van der Waals surface area (Å²) in [4.78, 5) is 0.0805. The Morgan fingerprint density at radius 1 is 0.775 bits per heavy atom. The fraction of sp³-hybridized carbons (Fsp3) is 0.448. The monoisotopic (exact) mass is 610 g/mol. The van der Waals surface area contributed by atoms with Crippen LogP contribution in [0.15, 0.2) is 52.3 Å². The normalized spacial score (nSPS) is 13.2. The van der Waals surface area contributed by atoms with E-state index >= 15 is 0 Å². The van der Waals surface area contributed by atoms with Gasteiger partial charge in [0.25, 0.3) is 20.2 Å². The number of hydrogen-bond acceptors (Lipinski definition) is 6. The van der Waals surface area contributed by atoms with Crippen molar-refractivity contribution in [1.29, 1.82) is 0 Å². The Kier molecular flexibility index (Phi) is 9.58. The van der Waals surface area contributed by atoms with Gasteiger partial charge in [-0.05, 0) is 108 Å². The predicted molar refractivity (Wildman–Crippen MR) is 158 cm³/mol. The first kappa shape index (κ1) is 32.2. The van der Waals surface area contributed by atoms with Gasteiger partial charge in [0, 0.05) is 0 Å². The lowest BCUT2D eigenvalue weighted by Gasteiger charge is -2.30. The summed E-state index contributed by atoms with van der Waals surface area (Å²) >= 11 is 0. The first-order chi connectivity index (χ1) is 18.4. The van der Waals surface area contributed by atoms with E-state index in [9.17, 15) is 29.8 Å². The second-order valence-electron chi connectivity index (χ2n) is 11.1. The van der Waals surface area contributed by atoms with Crippen LogP contribution in [-0.2, 0) is 48.3 Å². The van der Waals surface area contributed by atoms with Crippen LogP contribution >= 0.6 is 0 Å². The van der Waals surface area contributed by atoms with Crippen LogP contribution in [0.5, 0.6) is 0 Å². The summed E-state index contributed by atoms with van der Waals surface area (Å²) in [5.41, 5.74) is 3.07. The average molecular weight is 611 g/mol. The third kappa shape index (κ3) is 7.50. The molecule has 0 aliphatic heterocycles. The van der Waals surface area contributed by atoms with Crippen molar-refractivity contribution in [2.24, 2.45) is 0 Å². The molecule has 3 aromatic carbocycles. The molecular formula is C29H38O8S3. The Morgan fingerprint density at radius 2 is 1.40 bits per heavy atom. The molecule has 0 saturated heterocycles. The molecule has 0 bridgehead atoms. The summed E-state index contributed by atoms with van der Waals surface area (Å²) in [5.74, 6) is -0.251. The minimum absolute atomic E-state index is 0.0670. The van der Waals surface area contributed by atoms with Crippen LogP contribution in [0.1, 0.15) is 67.9 Å². The standard InChI is InChI=1S/C29H38O8S3/c1-6-16-38(30,31)24-13-10-22(11-14-24)19-29(4,5)28-21(3)25-15-12-23(9-7-8-17-39(32,33)34)20(2)26(25)18-27(28)40(35,36)37/h10-15,18H,6-9,16-17,19H2,1-5H3,(H,32,33,34)(H,35,36,37). The molecule has 0 spiro atoms. The van der Waals surface area contributed by atoms with Crippen molar-refractivity contribution in [1.82, 2.24) is 0 Å². The predicted octanol–water partition coefficient (Wildman–Crippen LogP) is 5.62. The van der Waals surface area contributed by atoms with Crippen molar-refractivity contribution in [3.05, 3.63) is 70.3 Å². The maximum absolute atomic E-state index is 12.7. The maximum atomic E-state index is 12.7. The van der Waals surface area contributed by atoms with E-state index in [1.165, 1.54) is 6.07 Å². The highest BCUT2D eigenvalue weighted by atomic mass is 32.2. The summed E-state index contributed by atoms with van der Waals surface area (Å²) in [7, 11) is -12.0. The van der Waals surface area contributed by atoms with Crippen LogP contribution in [0.3, 0.4) is 0 Å². The van der Waals surface area contributed by atoms with Gasteiger partial charge in [-0.2, -0.15) is 16.8 Å². The Bertz CT molecular complexity index is 1720. The van der Waals surface area contributed by atoms with E-state index in [0.717, 1.165) is 27.6 Å². The quantitative estimate of drug-likeness (QED) is 0.199. The van der Waals surface area contributed by atoms with Gasteiger partial charge in [-0.1, -0.05) is 45.0 Å². The van der Waals surface area contributed by atoms with E-state index in [1.54, 1.807) is 24.3 Å². The minimum Gasteiger partial charge on any atom is -0.286 e. The fourth-order valence-corrected chi connectivity index (χ4v) is 8.37. The molecule has 0 aliphatic carbocycles. The zero-order chi connectivity index (χ0) is 30.1. The molecule has 0 radical (unpaired) electrons. The van der Waals surface area contributed by atoms with Crippen molar-refractivity contribution in [2.75, 3.05) is 11.5 Å². The van der Waals surface area contributed by atoms with Gasteiger partial charge in [0.1, 0.15) is 0 Å². The van der Waals surface area contributed by atoms with Gasteiger partial charge >= 0.3 is 0 Å². The number of hydrogen-bond donors (Lipinski definition) is 2. The highest BCUT2D eigenvalue weighted by Crippen LogP contribution is 2.40. The van der Waals surface area contributed by atoms with Crippen molar-refractivity contribution < 1.29 is 34.4 Å². The van der Waals surface area contributed by atoms with E-state index in [4.69, 9.17) is 4.55 Å². The molecule has 0 fully saturated rings. The number of sulfone groups is 1. The summed E-state index contributed by atoms with van der Waals surface area (Å²) in [6, 6.07) is 12.0. The molecule has 220 valence electrons. The van der Waals surface area contributed by atoms with Crippen LogP contribution < -0.4 is 0 Å². The van der Waals surface area contributed by atoms with Gasteiger partial charge in [0.15, 0.2) is 9.84 Å².